The van der Waals surface area contributed by atoms with Crippen LogP contribution in [0.2, 0.25) is 0 Å². The summed E-state index contributed by atoms with van der Waals surface area (Å²) in [7, 11) is 0. The molecular formula is C20H17FN2O5. The molecule has 0 aromatic heterocycles. The van der Waals surface area contributed by atoms with Gasteiger partial charge in [-0.2, -0.15) is 0 Å². The van der Waals surface area contributed by atoms with Crippen LogP contribution in [0.5, 0.6) is 11.5 Å². The lowest BCUT2D eigenvalue weighted by molar-refractivity contribution is -0.130. The number of carbonyl (C=O) groups excluding carboxylic acids is 3. The first kappa shape index (κ1) is 18.0. The number of fused-ring (bicyclic) bond motifs is 1. The predicted molar refractivity (Wildman–Crippen MR) is 95.6 cm³/mol. The number of hydrogen-bond donors (Lipinski definition) is 1. The number of ether oxygens (including phenoxy) is 2. The molecule has 0 aliphatic carbocycles. The van der Waals surface area contributed by atoms with Crippen LogP contribution in [0.25, 0.3) is 0 Å². The van der Waals surface area contributed by atoms with E-state index in [9.17, 15) is 18.8 Å². The third kappa shape index (κ3) is 3.17. The van der Waals surface area contributed by atoms with Gasteiger partial charge in [0.15, 0.2) is 17.3 Å². The molecule has 2 aliphatic heterocycles. The van der Waals surface area contributed by atoms with Crippen molar-refractivity contribution in [2.45, 2.75) is 18.9 Å². The molecule has 1 fully saturated rings. The largest absolute Gasteiger partial charge is 0.454 e. The standard InChI is InChI=1S/C20H17FN2O5/c1-20(9-12-2-7-16-17(8-12)28-11-27-16)18(25)23(19(26)22-20)10-15(24)13-3-5-14(21)6-4-13/h2-8H,9-11H2,1H3,(H,22,26)/t20-/m1/s1. The van der Waals surface area contributed by atoms with Gasteiger partial charge < -0.3 is 14.8 Å². The third-order valence-electron chi connectivity index (χ3n) is 4.81. The molecule has 2 aromatic carbocycles. The Hall–Kier alpha value is -3.42. The highest BCUT2D eigenvalue weighted by molar-refractivity contribution is 6.11. The van der Waals surface area contributed by atoms with Gasteiger partial charge in [0.25, 0.3) is 5.91 Å². The van der Waals surface area contributed by atoms with E-state index in [1.165, 1.54) is 12.1 Å². The van der Waals surface area contributed by atoms with E-state index in [4.69, 9.17) is 9.47 Å². The molecule has 2 aromatic rings. The molecule has 0 radical (unpaired) electrons. The number of nitrogens with zero attached hydrogens (tertiary/aromatic N) is 1. The van der Waals surface area contributed by atoms with E-state index in [2.05, 4.69) is 5.32 Å². The summed E-state index contributed by atoms with van der Waals surface area (Å²) in [6.45, 7) is 1.35. The van der Waals surface area contributed by atoms with E-state index in [1.54, 1.807) is 25.1 Å². The molecule has 7 nitrogen and oxygen atoms in total. The molecule has 28 heavy (non-hydrogen) atoms. The number of imide groups is 1. The molecule has 0 unspecified atom stereocenters. The first-order valence-corrected chi connectivity index (χ1v) is 8.67. The Morgan fingerprint density at radius 3 is 2.61 bits per heavy atom. The zero-order valence-electron chi connectivity index (χ0n) is 15.0. The van der Waals surface area contributed by atoms with E-state index in [0.717, 1.165) is 22.6 Å². The molecule has 1 N–H and O–H groups in total. The Bertz CT molecular complexity index is 975. The second-order valence-corrected chi connectivity index (χ2v) is 6.95. The van der Waals surface area contributed by atoms with Gasteiger partial charge in [-0.05, 0) is 48.9 Å². The van der Waals surface area contributed by atoms with Crippen molar-refractivity contribution in [3.63, 3.8) is 0 Å². The van der Waals surface area contributed by atoms with Crippen LogP contribution in [-0.2, 0) is 11.2 Å². The predicted octanol–water partition coefficient (Wildman–Crippen LogP) is 2.29. The van der Waals surface area contributed by atoms with Gasteiger partial charge in [-0.15, -0.1) is 0 Å². The van der Waals surface area contributed by atoms with Crippen molar-refractivity contribution in [3.05, 3.63) is 59.4 Å². The molecule has 2 aliphatic rings. The molecule has 0 saturated carbocycles. The molecule has 2 heterocycles. The summed E-state index contributed by atoms with van der Waals surface area (Å²) in [5.74, 6) is -0.201. The Morgan fingerprint density at radius 2 is 1.86 bits per heavy atom. The molecule has 1 atom stereocenters. The van der Waals surface area contributed by atoms with Gasteiger partial charge in [0.1, 0.15) is 11.4 Å². The SMILES string of the molecule is C[C@]1(Cc2ccc3c(c2)OCO3)NC(=O)N(CC(=O)c2ccc(F)cc2)C1=O. The number of carbonyl (C=O) groups is 3. The van der Waals surface area contributed by atoms with E-state index in [-0.39, 0.29) is 18.8 Å². The van der Waals surface area contributed by atoms with Crippen molar-refractivity contribution < 1.29 is 28.2 Å². The number of urea groups is 1. The Kier molecular flexibility index (Phi) is 4.26. The molecular weight excluding hydrogens is 367 g/mol. The highest BCUT2D eigenvalue weighted by Crippen LogP contribution is 2.34. The number of benzene rings is 2. The summed E-state index contributed by atoms with van der Waals surface area (Å²) >= 11 is 0. The van der Waals surface area contributed by atoms with Crippen molar-refractivity contribution in [1.29, 1.82) is 0 Å². The molecule has 8 heteroatoms. The van der Waals surface area contributed by atoms with Gasteiger partial charge in [0.05, 0.1) is 6.54 Å². The summed E-state index contributed by atoms with van der Waals surface area (Å²) in [5.41, 5.74) is -0.174. The summed E-state index contributed by atoms with van der Waals surface area (Å²) in [6.07, 6.45) is 0.232. The molecule has 144 valence electrons. The molecule has 3 amide bonds. The van der Waals surface area contributed by atoms with Gasteiger partial charge >= 0.3 is 6.03 Å². The maximum absolute atomic E-state index is 13.0. The second kappa shape index (κ2) is 6.63. The number of amides is 3. The highest BCUT2D eigenvalue weighted by Gasteiger charge is 2.48. The first-order chi connectivity index (χ1) is 13.4. The lowest BCUT2D eigenvalue weighted by atomic mass is 9.92. The summed E-state index contributed by atoms with van der Waals surface area (Å²) in [5, 5.41) is 2.67. The molecule has 4 rings (SSSR count). The van der Waals surface area contributed by atoms with Crippen LogP contribution in [0, 0.1) is 5.82 Å². The maximum Gasteiger partial charge on any atom is 0.325 e. The van der Waals surface area contributed by atoms with Crippen molar-refractivity contribution in [2.24, 2.45) is 0 Å². The minimum absolute atomic E-state index is 0.144. The lowest BCUT2D eigenvalue weighted by Crippen LogP contribution is -2.46. The van der Waals surface area contributed by atoms with Crippen molar-refractivity contribution >= 4 is 17.7 Å². The zero-order chi connectivity index (χ0) is 19.9. The lowest BCUT2D eigenvalue weighted by Gasteiger charge is -2.21. The second-order valence-electron chi connectivity index (χ2n) is 6.95. The number of rotatable bonds is 5. The summed E-state index contributed by atoms with van der Waals surface area (Å²) in [4.78, 5) is 38.5. The van der Waals surface area contributed by atoms with Gasteiger partial charge in [0, 0.05) is 12.0 Å². The fraction of sp³-hybridized carbons (Fsp3) is 0.250. The Labute approximate surface area is 160 Å². The summed E-state index contributed by atoms with van der Waals surface area (Å²) in [6, 6.07) is 9.63. The monoisotopic (exact) mass is 384 g/mol. The smallest absolute Gasteiger partial charge is 0.325 e. The van der Waals surface area contributed by atoms with Crippen molar-refractivity contribution in [3.8, 4) is 11.5 Å². The van der Waals surface area contributed by atoms with Gasteiger partial charge in [-0.3, -0.25) is 14.5 Å². The molecule has 0 spiro atoms. The average Bonchev–Trinajstić information content (AvgIpc) is 3.20. The van der Waals surface area contributed by atoms with Crippen LogP contribution in [0.4, 0.5) is 9.18 Å². The quantitative estimate of drug-likeness (QED) is 0.632. The van der Waals surface area contributed by atoms with E-state index in [1.807, 2.05) is 0 Å². The maximum atomic E-state index is 13.0. The van der Waals surface area contributed by atoms with Gasteiger partial charge in [-0.25, -0.2) is 9.18 Å². The normalized spacial score (nSPS) is 20.4. The number of Topliss-reactive ketones (excluding diaryl/α,β-unsaturated/α-hetero) is 1. The minimum atomic E-state index is -1.19. The average molecular weight is 384 g/mol. The number of ketones is 1. The molecule has 0 bridgehead atoms. The van der Waals surface area contributed by atoms with Crippen LogP contribution in [-0.4, -0.2) is 41.5 Å². The van der Waals surface area contributed by atoms with Crippen molar-refractivity contribution in [2.75, 3.05) is 13.3 Å². The topological polar surface area (TPSA) is 84.9 Å². The van der Waals surface area contributed by atoms with Crippen LogP contribution >= 0.6 is 0 Å². The number of halogens is 1. The van der Waals surface area contributed by atoms with Crippen LogP contribution in [0.1, 0.15) is 22.8 Å². The third-order valence-corrected chi connectivity index (χ3v) is 4.81. The highest BCUT2D eigenvalue weighted by atomic mass is 19.1. The van der Waals surface area contributed by atoms with E-state index >= 15 is 0 Å². The Morgan fingerprint density at radius 1 is 1.14 bits per heavy atom. The van der Waals surface area contributed by atoms with Crippen LogP contribution in [0.15, 0.2) is 42.5 Å². The van der Waals surface area contributed by atoms with Crippen LogP contribution in [0.3, 0.4) is 0 Å². The summed E-state index contributed by atoms with van der Waals surface area (Å²) < 4.78 is 23.6. The Balaban J connectivity index is 1.49. The van der Waals surface area contributed by atoms with E-state index < -0.39 is 35.6 Å². The molecule has 1 saturated heterocycles. The zero-order valence-corrected chi connectivity index (χ0v) is 15.0. The van der Waals surface area contributed by atoms with Gasteiger partial charge in [0.2, 0.25) is 6.79 Å². The number of nitrogens with one attached hydrogen (secondary N) is 1. The number of hydrogen-bond acceptors (Lipinski definition) is 5. The fourth-order valence-corrected chi connectivity index (χ4v) is 3.34. The minimum Gasteiger partial charge on any atom is -0.454 e. The van der Waals surface area contributed by atoms with Gasteiger partial charge in [-0.1, -0.05) is 6.07 Å². The van der Waals surface area contributed by atoms with Crippen molar-refractivity contribution in [1.82, 2.24) is 10.2 Å². The first-order valence-electron chi connectivity index (χ1n) is 8.67. The van der Waals surface area contributed by atoms with Crippen LogP contribution < -0.4 is 14.8 Å². The fourth-order valence-electron chi connectivity index (χ4n) is 3.34. The van der Waals surface area contributed by atoms with E-state index in [0.29, 0.717) is 11.5 Å².